The fraction of sp³-hybridized carbons (Fsp3) is 0.222. The number of hydrogen-bond donors (Lipinski definition) is 1. The highest BCUT2D eigenvalue weighted by Crippen LogP contribution is 2.22. The van der Waals surface area contributed by atoms with Gasteiger partial charge in [0.15, 0.2) is 0 Å². The van der Waals surface area contributed by atoms with E-state index in [9.17, 15) is 4.79 Å². The van der Waals surface area contributed by atoms with Crippen LogP contribution in [-0.2, 0) is 0 Å². The van der Waals surface area contributed by atoms with Crippen LogP contribution in [0.2, 0.25) is 0 Å². The first-order valence-electron chi connectivity index (χ1n) is 3.60. The number of carbonyl (C=O) groups excluding carboxylic acids is 1. The van der Waals surface area contributed by atoms with Crippen LogP contribution in [0, 0.1) is 6.92 Å². The fourth-order valence-electron chi connectivity index (χ4n) is 1.13. The van der Waals surface area contributed by atoms with E-state index >= 15 is 0 Å². The van der Waals surface area contributed by atoms with Crippen molar-refractivity contribution in [3.8, 4) is 0 Å². The molecule has 0 aromatic heterocycles. The number of rotatable bonds is 2. The number of aryl methyl sites for hydroxylation is 1. The predicted molar refractivity (Wildman–Crippen MR) is 51.5 cm³/mol. The van der Waals surface area contributed by atoms with Crippen LogP contribution >= 0.6 is 11.8 Å². The van der Waals surface area contributed by atoms with Gasteiger partial charge < -0.3 is 5.73 Å². The molecule has 1 aromatic rings. The second-order valence-electron chi connectivity index (χ2n) is 2.52. The van der Waals surface area contributed by atoms with E-state index in [4.69, 9.17) is 5.73 Å². The maximum Gasteiger partial charge on any atom is 0.250 e. The topological polar surface area (TPSA) is 43.1 Å². The van der Waals surface area contributed by atoms with Crippen molar-refractivity contribution in [2.75, 3.05) is 6.26 Å². The molecule has 1 rings (SSSR count). The minimum Gasteiger partial charge on any atom is -0.366 e. The Labute approximate surface area is 76.2 Å². The molecular formula is C9H11NOS. The van der Waals surface area contributed by atoms with Crippen molar-refractivity contribution in [1.82, 2.24) is 0 Å². The lowest BCUT2D eigenvalue weighted by Gasteiger charge is -2.05. The van der Waals surface area contributed by atoms with E-state index < -0.39 is 0 Å². The maximum atomic E-state index is 11.0. The van der Waals surface area contributed by atoms with E-state index in [-0.39, 0.29) is 5.91 Å². The summed E-state index contributed by atoms with van der Waals surface area (Å²) in [4.78, 5) is 12.0. The van der Waals surface area contributed by atoms with Crippen LogP contribution in [0.25, 0.3) is 0 Å². The Kier molecular flexibility index (Phi) is 2.76. The van der Waals surface area contributed by atoms with Crippen molar-refractivity contribution in [2.45, 2.75) is 11.8 Å². The zero-order valence-corrected chi connectivity index (χ0v) is 7.94. The molecule has 2 nitrogen and oxygen atoms in total. The molecule has 2 N–H and O–H groups in total. The summed E-state index contributed by atoms with van der Waals surface area (Å²) >= 11 is 1.54. The van der Waals surface area contributed by atoms with Crippen LogP contribution in [-0.4, -0.2) is 12.2 Å². The van der Waals surface area contributed by atoms with Gasteiger partial charge in [0.1, 0.15) is 0 Å². The molecule has 0 fully saturated rings. The lowest BCUT2D eigenvalue weighted by Crippen LogP contribution is -2.13. The molecule has 0 aliphatic heterocycles. The molecule has 3 heteroatoms. The third kappa shape index (κ3) is 1.61. The van der Waals surface area contributed by atoms with Crippen LogP contribution in [0.5, 0.6) is 0 Å². The van der Waals surface area contributed by atoms with E-state index in [1.807, 2.05) is 31.4 Å². The van der Waals surface area contributed by atoms with E-state index in [1.54, 1.807) is 0 Å². The number of amides is 1. The van der Waals surface area contributed by atoms with Gasteiger partial charge in [-0.3, -0.25) is 4.79 Å². The number of carbonyl (C=O) groups is 1. The van der Waals surface area contributed by atoms with E-state index in [2.05, 4.69) is 0 Å². The molecule has 1 aromatic carbocycles. The molecular weight excluding hydrogens is 170 g/mol. The van der Waals surface area contributed by atoms with E-state index in [0.29, 0.717) is 5.56 Å². The first-order chi connectivity index (χ1) is 5.66. The third-order valence-electron chi connectivity index (χ3n) is 1.70. The quantitative estimate of drug-likeness (QED) is 0.707. The number of nitrogens with two attached hydrogens (primary N) is 1. The van der Waals surface area contributed by atoms with Crippen LogP contribution in [0.3, 0.4) is 0 Å². The predicted octanol–water partition coefficient (Wildman–Crippen LogP) is 1.82. The normalized spacial score (nSPS) is 9.83. The number of hydrogen-bond acceptors (Lipinski definition) is 2. The Hall–Kier alpha value is -0.960. The van der Waals surface area contributed by atoms with E-state index in [1.165, 1.54) is 11.8 Å². The van der Waals surface area contributed by atoms with Gasteiger partial charge in [-0.1, -0.05) is 12.1 Å². The zero-order chi connectivity index (χ0) is 9.14. The van der Waals surface area contributed by atoms with Gasteiger partial charge in [0.25, 0.3) is 0 Å². The van der Waals surface area contributed by atoms with Gasteiger partial charge >= 0.3 is 0 Å². The van der Waals surface area contributed by atoms with Crippen molar-refractivity contribution in [3.63, 3.8) is 0 Å². The van der Waals surface area contributed by atoms with Gasteiger partial charge in [0.05, 0.1) is 5.56 Å². The largest absolute Gasteiger partial charge is 0.366 e. The lowest BCUT2D eigenvalue weighted by atomic mass is 10.1. The summed E-state index contributed by atoms with van der Waals surface area (Å²) in [5.74, 6) is -0.350. The molecule has 0 atom stereocenters. The fourth-order valence-corrected chi connectivity index (χ4v) is 1.81. The van der Waals surface area contributed by atoms with Gasteiger partial charge in [-0.15, -0.1) is 11.8 Å². The molecule has 0 aliphatic carbocycles. The average Bonchev–Trinajstić information content (AvgIpc) is 2.03. The molecule has 12 heavy (non-hydrogen) atoms. The van der Waals surface area contributed by atoms with Crippen molar-refractivity contribution < 1.29 is 4.79 Å². The average molecular weight is 181 g/mol. The minimum absolute atomic E-state index is 0.350. The summed E-state index contributed by atoms with van der Waals surface area (Å²) in [6, 6.07) is 5.71. The molecule has 64 valence electrons. The van der Waals surface area contributed by atoms with Crippen LogP contribution in [0.15, 0.2) is 23.1 Å². The number of thioether (sulfide) groups is 1. The molecule has 0 bridgehead atoms. The second kappa shape index (κ2) is 3.63. The minimum atomic E-state index is -0.350. The maximum absolute atomic E-state index is 11.0. The Bertz CT molecular complexity index is 309. The Morgan fingerprint density at radius 2 is 2.17 bits per heavy atom. The van der Waals surface area contributed by atoms with Crippen LogP contribution in [0.4, 0.5) is 0 Å². The van der Waals surface area contributed by atoms with Crippen molar-refractivity contribution in [3.05, 3.63) is 29.3 Å². The summed E-state index contributed by atoms with van der Waals surface area (Å²) in [5.41, 5.74) is 6.82. The SMILES string of the molecule is CSc1cccc(C)c1C(N)=O. The second-order valence-corrected chi connectivity index (χ2v) is 3.36. The smallest absolute Gasteiger partial charge is 0.250 e. The zero-order valence-electron chi connectivity index (χ0n) is 7.13. The highest BCUT2D eigenvalue weighted by Gasteiger charge is 2.09. The van der Waals surface area contributed by atoms with Gasteiger partial charge in [-0.25, -0.2) is 0 Å². The van der Waals surface area contributed by atoms with Crippen molar-refractivity contribution in [2.24, 2.45) is 5.73 Å². The highest BCUT2D eigenvalue weighted by molar-refractivity contribution is 7.98. The highest BCUT2D eigenvalue weighted by atomic mass is 32.2. The Morgan fingerprint density at radius 1 is 1.50 bits per heavy atom. The molecule has 0 heterocycles. The molecule has 0 spiro atoms. The summed E-state index contributed by atoms with van der Waals surface area (Å²) in [6.45, 7) is 1.89. The van der Waals surface area contributed by atoms with Crippen LogP contribution < -0.4 is 5.73 Å². The number of benzene rings is 1. The summed E-state index contributed by atoms with van der Waals surface area (Å²) in [5, 5.41) is 0. The lowest BCUT2D eigenvalue weighted by molar-refractivity contribution is 0.0997. The molecule has 0 unspecified atom stereocenters. The first-order valence-corrected chi connectivity index (χ1v) is 4.82. The van der Waals surface area contributed by atoms with Crippen molar-refractivity contribution in [1.29, 1.82) is 0 Å². The van der Waals surface area contributed by atoms with Gasteiger partial charge in [0.2, 0.25) is 5.91 Å². The molecule has 0 saturated carbocycles. The molecule has 0 saturated heterocycles. The standard InChI is InChI=1S/C9H11NOS/c1-6-4-3-5-7(12-2)8(6)9(10)11/h3-5H,1-2H3,(H2,10,11). The molecule has 0 aliphatic rings. The molecule has 0 radical (unpaired) electrons. The van der Waals surface area contributed by atoms with Gasteiger partial charge in [-0.2, -0.15) is 0 Å². The van der Waals surface area contributed by atoms with E-state index in [0.717, 1.165) is 10.5 Å². The Balaban J connectivity index is 3.29. The first kappa shape index (κ1) is 9.13. The van der Waals surface area contributed by atoms with Crippen molar-refractivity contribution >= 4 is 17.7 Å². The van der Waals surface area contributed by atoms with Crippen LogP contribution in [0.1, 0.15) is 15.9 Å². The number of primary amides is 1. The summed E-state index contributed by atoms with van der Waals surface area (Å²) in [7, 11) is 0. The Morgan fingerprint density at radius 3 is 2.58 bits per heavy atom. The van der Waals surface area contributed by atoms with Gasteiger partial charge in [-0.05, 0) is 24.8 Å². The monoisotopic (exact) mass is 181 g/mol. The third-order valence-corrected chi connectivity index (χ3v) is 2.48. The summed E-state index contributed by atoms with van der Waals surface area (Å²) in [6.07, 6.45) is 1.93. The molecule has 1 amide bonds. The van der Waals surface area contributed by atoms with Gasteiger partial charge in [0, 0.05) is 4.90 Å². The summed E-state index contributed by atoms with van der Waals surface area (Å²) < 4.78 is 0.